The Labute approximate surface area is 145 Å². The third-order valence-corrected chi connectivity index (χ3v) is 4.52. The molecule has 2 N–H and O–H groups in total. The zero-order chi connectivity index (χ0) is 18.1. The van der Waals surface area contributed by atoms with Gasteiger partial charge in [0.15, 0.2) is 5.96 Å². The Morgan fingerprint density at radius 3 is 2.42 bits per heavy atom. The van der Waals surface area contributed by atoms with Crippen LogP contribution in [0.1, 0.15) is 39.5 Å². The minimum absolute atomic E-state index is 0.00652. The largest absolute Gasteiger partial charge is 0.359 e. The molecule has 138 valence electrons. The molecule has 1 heterocycles. The lowest BCUT2D eigenvalue weighted by Crippen LogP contribution is -2.49. The summed E-state index contributed by atoms with van der Waals surface area (Å²) < 4.78 is 0. The lowest BCUT2D eigenvalue weighted by Gasteiger charge is -2.35. The highest BCUT2D eigenvalue weighted by atomic mass is 16.2. The number of likely N-dealkylation sites (tertiary alicyclic amines) is 1. The molecule has 1 aliphatic rings. The fourth-order valence-electron chi connectivity index (χ4n) is 2.56. The molecular formula is C17H33N5O2. The van der Waals surface area contributed by atoms with Crippen LogP contribution in [-0.4, -0.2) is 74.4 Å². The first-order valence-corrected chi connectivity index (χ1v) is 8.84. The summed E-state index contributed by atoms with van der Waals surface area (Å²) in [7, 11) is 5.16. The quantitative estimate of drug-likeness (QED) is 0.551. The van der Waals surface area contributed by atoms with Crippen LogP contribution in [0.3, 0.4) is 0 Å². The first-order chi connectivity index (χ1) is 11.4. The Hall–Kier alpha value is -1.79. The van der Waals surface area contributed by atoms with Gasteiger partial charge in [0, 0.05) is 46.7 Å². The molecule has 1 atom stereocenters. The SMILES string of the molecule is CCC(C)NC(=NCC(=O)N(C)C)N1CCC(CC(=O)NC)CC1. The van der Waals surface area contributed by atoms with Gasteiger partial charge in [-0.15, -0.1) is 0 Å². The van der Waals surface area contributed by atoms with Crippen LogP contribution >= 0.6 is 0 Å². The van der Waals surface area contributed by atoms with Crippen molar-refractivity contribution in [3.8, 4) is 0 Å². The van der Waals surface area contributed by atoms with E-state index in [0.717, 1.165) is 38.3 Å². The Kier molecular flexibility index (Phi) is 8.57. The van der Waals surface area contributed by atoms with Crippen LogP contribution < -0.4 is 10.6 Å². The molecule has 1 rings (SSSR count). The van der Waals surface area contributed by atoms with E-state index >= 15 is 0 Å². The van der Waals surface area contributed by atoms with Crippen molar-refractivity contribution in [2.24, 2.45) is 10.9 Å². The Bertz CT molecular complexity index is 442. The number of carbonyl (C=O) groups excluding carboxylic acids is 2. The highest BCUT2D eigenvalue weighted by Crippen LogP contribution is 2.20. The van der Waals surface area contributed by atoms with E-state index in [-0.39, 0.29) is 18.4 Å². The standard InChI is InChI=1S/C17H33N5O2/c1-6-13(2)20-17(19-12-16(24)21(4)5)22-9-7-14(8-10-22)11-15(23)18-3/h13-14H,6-12H2,1-5H3,(H,18,23)(H,19,20). The number of piperidine rings is 1. The van der Waals surface area contributed by atoms with Crippen molar-refractivity contribution in [3.05, 3.63) is 0 Å². The molecule has 7 heteroatoms. The highest BCUT2D eigenvalue weighted by Gasteiger charge is 2.24. The average molecular weight is 339 g/mol. The first-order valence-electron chi connectivity index (χ1n) is 8.84. The monoisotopic (exact) mass is 339 g/mol. The Morgan fingerprint density at radius 1 is 1.29 bits per heavy atom. The van der Waals surface area contributed by atoms with Gasteiger partial charge in [-0.05, 0) is 32.1 Å². The first kappa shape index (κ1) is 20.3. The molecule has 0 aromatic carbocycles. The van der Waals surface area contributed by atoms with Crippen LogP contribution in [0, 0.1) is 5.92 Å². The van der Waals surface area contributed by atoms with Crippen molar-refractivity contribution in [1.29, 1.82) is 0 Å². The van der Waals surface area contributed by atoms with Crippen molar-refractivity contribution in [1.82, 2.24) is 20.4 Å². The fraction of sp³-hybridized carbons (Fsp3) is 0.824. The van der Waals surface area contributed by atoms with Crippen LogP contribution in [0.5, 0.6) is 0 Å². The maximum absolute atomic E-state index is 11.8. The van der Waals surface area contributed by atoms with E-state index in [0.29, 0.717) is 18.4 Å². The Morgan fingerprint density at radius 2 is 1.92 bits per heavy atom. The van der Waals surface area contributed by atoms with Gasteiger partial charge in [0.05, 0.1) is 0 Å². The van der Waals surface area contributed by atoms with Gasteiger partial charge in [-0.25, -0.2) is 4.99 Å². The summed E-state index contributed by atoms with van der Waals surface area (Å²) in [5.74, 6) is 1.33. The fourth-order valence-corrected chi connectivity index (χ4v) is 2.56. The summed E-state index contributed by atoms with van der Waals surface area (Å²) >= 11 is 0. The van der Waals surface area contributed by atoms with Crippen molar-refractivity contribution in [3.63, 3.8) is 0 Å². The predicted octanol–water partition coefficient (Wildman–Crippen LogP) is 0.667. The minimum Gasteiger partial charge on any atom is -0.359 e. The third-order valence-electron chi connectivity index (χ3n) is 4.52. The van der Waals surface area contributed by atoms with Gasteiger partial charge < -0.3 is 20.4 Å². The second-order valence-corrected chi connectivity index (χ2v) is 6.69. The molecule has 0 bridgehead atoms. The zero-order valence-corrected chi connectivity index (χ0v) is 15.8. The summed E-state index contributed by atoms with van der Waals surface area (Å²) in [6.45, 7) is 6.11. The third kappa shape index (κ3) is 6.76. The maximum Gasteiger partial charge on any atom is 0.243 e. The molecule has 0 aromatic heterocycles. The van der Waals surface area contributed by atoms with Crippen LogP contribution in [0.25, 0.3) is 0 Å². The van der Waals surface area contributed by atoms with Gasteiger partial charge in [0.1, 0.15) is 6.54 Å². The number of hydrogen-bond donors (Lipinski definition) is 2. The number of carbonyl (C=O) groups is 2. The van der Waals surface area contributed by atoms with Crippen molar-refractivity contribution in [2.75, 3.05) is 40.8 Å². The molecule has 2 amide bonds. The smallest absolute Gasteiger partial charge is 0.243 e. The maximum atomic E-state index is 11.8. The van der Waals surface area contributed by atoms with E-state index in [9.17, 15) is 9.59 Å². The molecule has 0 saturated carbocycles. The molecule has 1 saturated heterocycles. The molecule has 0 aromatic rings. The molecule has 1 aliphatic heterocycles. The van der Waals surface area contributed by atoms with Gasteiger partial charge in [-0.1, -0.05) is 6.92 Å². The van der Waals surface area contributed by atoms with Gasteiger partial charge >= 0.3 is 0 Å². The molecule has 7 nitrogen and oxygen atoms in total. The lowest BCUT2D eigenvalue weighted by atomic mass is 9.93. The average Bonchev–Trinajstić information content (AvgIpc) is 2.58. The van der Waals surface area contributed by atoms with Gasteiger partial charge in [0.25, 0.3) is 0 Å². The van der Waals surface area contributed by atoms with E-state index in [4.69, 9.17) is 0 Å². The summed E-state index contributed by atoms with van der Waals surface area (Å²) in [6, 6.07) is 0.307. The molecule has 0 radical (unpaired) electrons. The van der Waals surface area contributed by atoms with Crippen LogP contribution in [0.2, 0.25) is 0 Å². The number of hydrogen-bond acceptors (Lipinski definition) is 3. The molecule has 0 spiro atoms. The van der Waals surface area contributed by atoms with Gasteiger partial charge in [-0.3, -0.25) is 9.59 Å². The summed E-state index contributed by atoms with van der Waals surface area (Å²) in [5, 5.41) is 6.12. The predicted molar refractivity (Wildman–Crippen MR) is 96.9 cm³/mol. The van der Waals surface area contributed by atoms with Crippen molar-refractivity contribution in [2.45, 2.75) is 45.6 Å². The van der Waals surface area contributed by atoms with E-state index in [1.165, 1.54) is 0 Å². The lowest BCUT2D eigenvalue weighted by molar-refractivity contribution is -0.127. The Balaban J connectivity index is 2.66. The van der Waals surface area contributed by atoms with Crippen LogP contribution in [0.4, 0.5) is 0 Å². The van der Waals surface area contributed by atoms with E-state index < -0.39 is 0 Å². The summed E-state index contributed by atoms with van der Waals surface area (Å²) in [6.07, 6.45) is 3.52. The van der Waals surface area contributed by atoms with E-state index in [1.54, 1.807) is 26.0 Å². The van der Waals surface area contributed by atoms with Crippen LogP contribution in [-0.2, 0) is 9.59 Å². The minimum atomic E-state index is -0.00652. The number of nitrogens with zero attached hydrogens (tertiary/aromatic N) is 3. The number of amides is 2. The summed E-state index contributed by atoms with van der Waals surface area (Å²) in [5.41, 5.74) is 0. The molecule has 24 heavy (non-hydrogen) atoms. The van der Waals surface area contributed by atoms with Crippen LogP contribution in [0.15, 0.2) is 4.99 Å². The normalized spacial score (nSPS) is 17.4. The number of rotatable bonds is 6. The number of guanidine groups is 1. The topological polar surface area (TPSA) is 77.0 Å². The van der Waals surface area contributed by atoms with Gasteiger partial charge in [0.2, 0.25) is 11.8 Å². The number of nitrogens with one attached hydrogen (secondary N) is 2. The molecule has 0 aliphatic carbocycles. The number of likely N-dealkylation sites (N-methyl/N-ethyl adjacent to an activating group) is 1. The second-order valence-electron chi connectivity index (χ2n) is 6.69. The highest BCUT2D eigenvalue weighted by molar-refractivity contribution is 5.85. The zero-order valence-electron chi connectivity index (χ0n) is 15.8. The second kappa shape index (κ2) is 10.2. The van der Waals surface area contributed by atoms with Crippen molar-refractivity contribution >= 4 is 17.8 Å². The van der Waals surface area contributed by atoms with Gasteiger partial charge in [-0.2, -0.15) is 0 Å². The van der Waals surface area contributed by atoms with E-state index in [2.05, 4.69) is 34.4 Å². The molecule has 1 fully saturated rings. The van der Waals surface area contributed by atoms with E-state index in [1.807, 2.05) is 0 Å². The van der Waals surface area contributed by atoms with Crippen molar-refractivity contribution < 1.29 is 9.59 Å². The molecule has 1 unspecified atom stereocenters. The summed E-state index contributed by atoms with van der Waals surface area (Å²) in [4.78, 5) is 31.6. The number of aliphatic imine (C=N–C) groups is 1. The molecular weight excluding hydrogens is 306 g/mol.